The van der Waals surface area contributed by atoms with Crippen LogP contribution in [0.5, 0.6) is 0 Å². The fourth-order valence-electron chi connectivity index (χ4n) is 5.68. The highest BCUT2D eigenvalue weighted by Crippen LogP contribution is 2.61. The molecule has 1 fully saturated rings. The molecule has 0 unspecified atom stereocenters. The molecule has 4 atom stereocenters. The van der Waals surface area contributed by atoms with Crippen LogP contribution in [0.1, 0.15) is 51.9 Å². The topological polar surface area (TPSA) is 37.3 Å². The standard InChI is InChI=1S/C21H26O2/c1-3-10-21(23)12-9-19-18-6-4-14-13-15(22)5-7-16(14)17(18)8-11-20(19,21)2/h3,8,11,13,18-19,23H,1,4-7,9-10,12H2,2H3/t18-,19+,20+,21-/m1/s1. The maximum Gasteiger partial charge on any atom is 0.156 e. The van der Waals surface area contributed by atoms with Crippen molar-refractivity contribution in [2.45, 2.75) is 57.5 Å². The maximum atomic E-state index is 11.7. The molecule has 0 aliphatic heterocycles. The van der Waals surface area contributed by atoms with Gasteiger partial charge in [0.1, 0.15) is 0 Å². The van der Waals surface area contributed by atoms with Crippen molar-refractivity contribution >= 4 is 5.78 Å². The van der Waals surface area contributed by atoms with Crippen LogP contribution in [0.15, 0.2) is 47.6 Å². The summed E-state index contributed by atoms with van der Waals surface area (Å²) in [4.78, 5) is 11.7. The number of hydrogen-bond donors (Lipinski definition) is 1. The number of hydrogen-bond acceptors (Lipinski definition) is 2. The first-order valence-corrected chi connectivity index (χ1v) is 8.98. The van der Waals surface area contributed by atoms with E-state index in [1.807, 2.05) is 12.2 Å². The molecule has 0 bridgehead atoms. The third-order valence-corrected chi connectivity index (χ3v) is 7.04. The smallest absolute Gasteiger partial charge is 0.156 e. The molecule has 0 radical (unpaired) electrons. The van der Waals surface area contributed by atoms with Gasteiger partial charge in [0.05, 0.1) is 5.60 Å². The fraction of sp³-hybridized carbons (Fsp3) is 0.571. The molecule has 4 rings (SSSR count). The molecule has 2 nitrogen and oxygen atoms in total. The molecule has 1 N–H and O–H groups in total. The zero-order valence-corrected chi connectivity index (χ0v) is 14.0. The monoisotopic (exact) mass is 310 g/mol. The van der Waals surface area contributed by atoms with Crippen molar-refractivity contribution in [1.29, 1.82) is 0 Å². The van der Waals surface area contributed by atoms with E-state index in [1.165, 1.54) is 16.7 Å². The number of carbonyl (C=O) groups is 1. The van der Waals surface area contributed by atoms with Crippen molar-refractivity contribution in [1.82, 2.24) is 0 Å². The summed E-state index contributed by atoms with van der Waals surface area (Å²) in [6, 6.07) is 0. The van der Waals surface area contributed by atoms with Gasteiger partial charge in [-0.05, 0) is 73.2 Å². The lowest BCUT2D eigenvalue weighted by molar-refractivity contribution is -0.114. The molecule has 4 aliphatic carbocycles. The van der Waals surface area contributed by atoms with Gasteiger partial charge in [0.2, 0.25) is 0 Å². The summed E-state index contributed by atoms with van der Waals surface area (Å²) in [6.07, 6.45) is 14.6. The van der Waals surface area contributed by atoms with Gasteiger partial charge >= 0.3 is 0 Å². The summed E-state index contributed by atoms with van der Waals surface area (Å²) in [5.74, 6) is 1.34. The summed E-state index contributed by atoms with van der Waals surface area (Å²) < 4.78 is 0. The first-order valence-electron chi connectivity index (χ1n) is 8.98. The van der Waals surface area contributed by atoms with Crippen molar-refractivity contribution in [3.8, 4) is 0 Å². The Morgan fingerprint density at radius 2 is 2.17 bits per heavy atom. The molecule has 0 saturated heterocycles. The van der Waals surface area contributed by atoms with Crippen LogP contribution in [0.25, 0.3) is 0 Å². The summed E-state index contributed by atoms with van der Waals surface area (Å²) in [5.41, 5.74) is 3.37. The van der Waals surface area contributed by atoms with Crippen molar-refractivity contribution < 1.29 is 9.90 Å². The lowest BCUT2D eigenvalue weighted by atomic mass is 9.58. The lowest BCUT2D eigenvalue weighted by Gasteiger charge is -2.48. The van der Waals surface area contributed by atoms with Crippen LogP contribution in [0.2, 0.25) is 0 Å². The van der Waals surface area contributed by atoms with E-state index < -0.39 is 5.60 Å². The van der Waals surface area contributed by atoms with Gasteiger partial charge in [0.25, 0.3) is 0 Å². The van der Waals surface area contributed by atoms with Gasteiger partial charge in [-0.15, -0.1) is 6.58 Å². The minimum atomic E-state index is -0.648. The second-order valence-corrected chi connectivity index (χ2v) is 8.00. The molecule has 23 heavy (non-hydrogen) atoms. The van der Waals surface area contributed by atoms with Crippen LogP contribution in [-0.2, 0) is 4.79 Å². The molecule has 0 aromatic carbocycles. The summed E-state index contributed by atoms with van der Waals surface area (Å²) in [7, 11) is 0. The Kier molecular flexibility index (Phi) is 3.32. The Balaban J connectivity index is 1.79. The van der Waals surface area contributed by atoms with E-state index in [0.29, 0.717) is 24.7 Å². The average molecular weight is 310 g/mol. The van der Waals surface area contributed by atoms with Crippen LogP contribution in [-0.4, -0.2) is 16.5 Å². The Hall–Kier alpha value is -1.41. The van der Waals surface area contributed by atoms with Gasteiger partial charge in [-0.2, -0.15) is 0 Å². The molecular formula is C21H26O2. The van der Waals surface area contributed by atoms with Gasteiger partial charge < -0.3 is 5.11 Å². The minimum Gasteiger partial charge on any atom is -0.389 e. The van der Waals surface area contributed by atoms with Gasteiger partial charge in [-0.3, -0.25) is 4.79 Å². The van der Waals surface area contributed by atoms with E-state index in [-0.39, 0.29) is 11.2 Å². The molecule has 122 valence electrons. The predicted octanol–water partition coefficient (Wildman–Crippen LogP) is 4.28. The molecule has 0 aromatic rings. The Morgan fingerprint density at radius 3 is 2.96 bits per heavy atom. The number of ketones is 1. The molecular weight excluding hydrogens is 284 g/mol. The summed E-state index contributed by atoms with van der Waals surface area (Å²) >= 11 is 0. The van der Waals surface area contributed by atoms with E-state index in [0.717, 1.165) is 32.1 Å². The first-order chi connectivity index (χ1) is 11.0. The zero-order chi connectivity index (χ0) is 16.2. The van der Waals surface area contributed by atoms with Gasteiger partial charge in [0.15, 0.2) is 5.78 Å². The molecule has 1 saturated carbocycles. The molecule has 0 heterocycles. The largest absolute Gasteiger partial charge is 0.389 e. The highest BCUT2D eigenvalue weighted by Gasteiger charge is 2.58. The molecule has 0 aromatic heterocycles. The number of rotatable bonds is 2. The minimum absolute atomic E-state index is 0.151. The third-order valence-electron chi connectivity index (χ3n) is 7.04. The lowest BCUT2D eigenvalue weighted by Crippen LogP contribution is -2.47. The quantitative estimate of drug-likeness (QED) is 0.773. The van der Waals surface area contributed by atoms with Gasteiger partial charge in [-0.1, -0.05) is 25.2 Å². The van der Waals surface area contributed by atoms with Crippen molar-refractivity contribution in [3.05, 3.63) is 47.6 Å². The van der Waals surface area contributed by atoms with Crippen LogP contribution in [0.4, 0.5) is 0 Å². The molecule has 2 heteroatoms. The third kappa shape index (κ3) is 2.00. The van der Waals surface area contributed by atoms with E-state index in [9.17, 15) is 9.90 Å². The zero-order valence-electron chi connectivity index (χ0n) is 14.0. The SMILES string of the molecule is C=CC[C@@]1(O)CC[C@H]2[C@@H]3CCC4=CC(=O)CCC4=C3C=C[C@@]21C. The highest BCUT2D eigenvalue weighted by molar-refractivity contribution is 5.93. The van der Waals surface area contributed by atoms with Crippen LogP contribution in [0.3, 0.4) is 0 Å². The molecule has 0 amide bonds. The van der Waals surface area contributed by atoms with Crippen LogP contribution < -0.4 is 0 Å². The number of carbonyl (C=O) groups excluding carboxylic acids is 1. The van der Waals surface area contributed by atoms with E-state index in [1.54, 1.807) is 0 Å². The average Bonchev–Trinajstić information content (AvgIpc) is 2.79. The second-order valence-electron chi connectivity index (χ2n) is 8.00. The van der Waals surface area contributed by atoms with Crippen molar-refractivity contribution in [2.24, 2.45) is 17.3 Å². The predicted molar refractivity (Wildman–Crippen MR) is 91.8 cm³/mol. The van der Waals surface area contributed by atoms with E-state index in [4.69, 9.17) is 0 Å². The van der Waals surface area contributed by atoms with Crippen molar-refractivity contribution in [3.63, 3.8) is 0 Å². The second kappa shape index (κ2) is 5.04. The Labute approximate surface area is 138 Å². The summed E-state index contributed by atoms with van der Waals surface area (Å²) in [5, 5.41) is 11.2. The van der Waals surface area contributed by atoms with Crippen LogP contribution >= 0.6 is 0 Å². The fourth-order valence-corrected chi connectivity index (χ4v) is 5.68. The van der Waals surface area contributed by atoms with Gasteiger partial charge in [0, 0.05) is 11.8 Å². The maximum absolute atomic E-state index is 11.7. The van der Waals surface area contributed by atoms with Crippen LogP contribution in [0, 0.1) is 17.3 Å². The molecule has 4 aliphatic rings. The molecule has 0 spiro atoms. The highest BCUT2D eigenvalue weighted by atomic mass is 16.3. The number of fused-ring (bicyclic) bond motifs is 4. The van der Waals surface area contributed by atoms with Crippen molar-refractivity contribution in [2.75, 3.05) is 0 Å². The Morgan fingerprint density at radius 1 is 1.35 bits per heavy atom. The summed E-state index contributed by atoms with van der Waals surface area (Å²) in [6.45, 7) is 6.09. The van der Waals surface area contributed by atoms with Gasteiger partial charge in [-0.25, -0.2) is 0 Å². The Bertz CT molecular complexity index is 665. The first kappa shape index (κ1) is 15.1. The van der Waals surface area contributed by atoms with E-state index in [2.05, 4.69) is 25.7 Å². The van der Waals surface area contributed by atoms with E-state index >= 15 is 0 Å². The normalized spacial score (nSPS) is 42.0. The number of aliphatic hydroxyl groups is 1. The number of allylic oxidation sites excluding steroid dienone is 5.